The molecule has 4 rings (SSSR count). The first-order chi connectivity index (χ1) is 33.7. The molecular weight excluding hydrogens is 925 g/mol. The Hall–Kier alpha value is -0.840. The summed E-state index contributed by atoms with van der Waals surface area (Å²) in [4.78, 5) is 0. The number of hydrogen-bond acceptors (Lipinski definition) is 21. The minimum atomic E-state index is -1.83. The van der Waals surface area contributed by atoms with Crippen LogP contribution < -0.4 is 0 Å². The van der Waals surface area contributed by atoms with Gasteiger partial charge in [-0.15, -0.1) is 0 Å². The number of unbranched alkanes of at least 4 members (excludes halogenated alkanes) is 16. The molecule has 4 aliphatic heterocycles. The fourth-order valence-electron chi connectivity index (χ4n) is 9.98. The predicted octanol–water partition coefficient (Wildman–Crippen LogP) is 0.125. The van der Waals surface area contributed by atoms with Crippen LogP contribution in [0.25, 0.3) is 0 Å². The summed E-state index contributed by atoms with van der Waals surface area (Å²) < 4.78 is 47.5. The average Bonchev–Trinajstić information content (AvgIpc) is 3.36. The molecule has 7 unspecified atom stereocenters. The van der Waals surface area contributed by atoms with E-state index in [2.05, 4.69) is 13.8 Å². The summed E-state index contributed by atoms with van der Waals surface area (Å²) in [7, 11) is 0. The van der Waals surface area contributed by atoms with Gasteiger partial charge in [0, 0.05) is 11.8 Å². The van der Waals surface area contributed by atoms with E-state index in [-0.39, 0.29) is 19.6 Å². The number of ether oxygens (including phenoxy) is 8. The summed E-state index contributed by atoms with van der Waals surface area (Å²) in [6.45, 7) is 1.39. The lowest BCUT2D eigenvalue weighted by atomic mass is 9.79. The molecule has 13 N–H and O–H groups in total. The predicted molar refractivity (Wildman–Crippen MR) is 249 cm³/mol. The second-order valence-corrected chi connectivity index (χ2v) is 20.2. The zero-order chi connectivity index (χ0) is 51.2. The lowest BCUT2D eigenvalue weighted by Crippen LogP contribution is -2.64. The molecule has 4 heterocycles. The van der Waals surface area contributed by atoms with Crippen molar-refractivity contribution in [3.05, 3.63) is 0 Å². The molecule has 0 aromatic rings. The summed E-state index contributed by atoms with van der Waals surface area (Å²) >= 11 is 0. The van der Waals surface area contributed by atoms with E-state index < -0.39 is 149 Å². The highest BCUT2D eigenvalue weighted by atomic mass is 16.8. The fourth-order valence-corrected chi connectivity index (χ4v) is 9.98. The van der Waals surface area contributed by atoms with Gasteiger partial charge in [0.25, 0.3) is 0 Å². The molecule has 0 aromatic carbocycles. The summed E-state index contributed by atoms with van der Waals surface area (Å²) in [5.74, 6) is 0. The Labute approximate surface area is 413 Å². The van der Waals surface area contributed by atoms with Gasteiger partial charge in [-0.1, -0.05) is 129 Å². The van der Waals surface area contributed by atoms with Crippen LogP contribution in [0.4, 0.5) is 0 Å². The molecular formula is C49H92O21. The van der Waals surface area contributed by atoms with Crippen LogP contribution >= 0.6 is 0 Å². The van der Waals surface area contributed by atoms with Crippen LogP contribution in [-0.4, -0.2) is 223 Å². The Morgan fingerprint density at radius 2 is 0.757 bits per heavy atom. The van der Waals surface area contributed by atoms with E-state index in [1.807, 2.05) is 0 Å². The van der Waals surface area contributed by atoms with Crippen LogP contribution in [0.15, 0.2) is 0 Å². The standard InChI is InChI=1S/C49H92O21/c1-3-5-7-9-11-13-15-17-19-21-49(22-20-18-16-14-12-10-8-6-4-2,28-63-46-42(61)39(58)44(33(26-52)67-46)69-35-23-30(54)36(55)31(24-50)65-35)29-64-47-43(62)40(59)45(34(27-53)68-47)70-48-41(60)38(57)37(56)32(25-51)66-48/h30-48,50-62H,3-29H2,1-2H3/t30-,31?,32?,33?,34?,35-,36+,37-,38+,39-,40-,41+,42?,43+,44-,45-,46-,47?,48?/m0/s1. The second kappa shape index (κ2) is 32.6. The summed E-state index contributed by atoms with van der Waals surface area (Å²) in [6.07, 6.45) is -8.71. The fraction of sp³-hybridized carbons (Fsp3) is 1.00. The first-order valence-corrected chi connectivity index (χ1v) is 26.4. The Morgan fingerprint density at radius 1 is 0.386 bits per heavy atom. The van der Waals surface area contributed by atoms with E-state index in [9.17, 15) is 66.4 Å². The van der Waals surface area contributed by atoms with E-state index in [0.29, 0.717) is 12.8 Å². The Morgan fingerprint density at radius 3 is 1.19 bits per heavy atom. The maximum atomic E-state index is 11.5. The number of hydrogen-bond donors (Lipinski definition) is 13. The van der Waals surface area contributed by atoms with Crippen LogP contribution in [0.3, 0.4) is 0 Å². The molecule has 21 nitrogen and oxygen atoms in total. The van der Waals surface area contributed by atoms with Gasteiger partial charge in [0.15, 0.2) is 25.2 Å². The highest BCUT2D eigenvalue weighted by Crippen LogP contribution is 2.38. The lowest BCUT2D eigenvalue weighted by Gasteiger charge is -2.47. The molecule has 0 saturated carbocycles. The lowest BCUT2D eigenvalue weighted by molar-refractivity contribution is -0.362. The van der Waals surface area contributed by atoms with E-state index >= 15 is 0 Å². The van der Waals surface area contributed by atoms with Crippen molar-refractivity contribution in [2.24, 2.45) is 5.41 Å². The summed E-state index contributed by atoms with van der Waals surface area (Å²) in [5, 5.41) is 138. The van der Waals surface area contributed by atoms with Gasteiger partial charge in [0.1, 0.15) is 85.5 Å². The summed E-state index contributed by atoms with van der Waals surface area (Å²) in [6, 6.07) is 0. The largest absolute Gasteiger partial charge is 0.394 e. The van der Waals surface area contributed by atoms with Crippen molar-refractivity contribution in [1.29, 1.82) is 0 Å². The van der Waals surface area contributed by atoms with Gasteiger partial charge in [-0.25, -0.2) is 0 Å². The van der Waals surface area contributed by atoms with Crippen molar-refractivity contribution in [3.63, 3.8) is 0 Å². The van der Waals surface area contributed by atoms with Crippen LogP contribution in [0.1, 0.15) is 149 Å². The van der Waals surface area contributed by atoms with Crippen LogP contribution in [0.2, 0.25) is 0 Å². The molecule has 4 saturated heterocycles. The number of aliphatic hydroxyl groups is 13. The average molecular weight is 1020 g/mol. The van der Waals surface area contributed by atoms with E-state index in [1.54, 1.807) is 0 Å². The Bertz CT molecular complexity index is 1330. The van der Waals surface area contributed by atoms with Gasteiger partial charge in [-0.3, -0.25) is 0 Å². The van der Waals surface area contributed by atoms with Gasteiger partial charge in [0.2, 0.25) is 0 Å². The van der Waals surface area contributed by atoms with E-state index in [0.717, 1.165) is 64.2 Å². The molecule has 4 aliphatic rings. The smallest absolute Gasteiger partial charge is 0.187 e. The minimum Gasteiger partial charge on any atom is -0.394 e. The van der Waals surface area contributed by atoms with Crippen molar-refractivity contribution >= 4 is 0 Å². The highest BCUT2D eigenvalue weighted by molar-refractivity contribution is 4.96. The van der Waals surface area contributed by atoms with Crippen LogP contribution in [0, 0.1) is 5.41 Å². The van der Waals surface area contributed by atoms with Gasteiger partial charge in [-0.05, 0) is 12.8 Å². The molecule has 414 valence electrons. The molecule has 21 heteroatoms. The quantitative estimate of drug-likeness (QED) is 0.0381. The highest BCUT2D eigenvalue weighted by Gasteiger charge is 2.52. The maximum absolute atomic E-state index is 11.5. The van der Waals surface area contributed by atoms with Crippen molar-refractivity contribution in [1.82, 2.24) is 0 Å². The van der Waals surface area contributed by atoms with Crippen LogP contribution in [0.5, 0.6) is 0 Å². The van der Waals surface area contributed by atoms with Crippen molar-refractivity contribution in [2.45, 2.75) is 265 Å². The Kier molecular flexibility index (Phi) is 28.7. The zero-order valence-electron chi connectivity index (χ0n) is 41.6. The molecule has 0 aromatic heterocycles. The third-order valence-corrected chi connectivity index (χ3v) is 14.5. The monoisotopic (exact) mass is 1020 g/mol. The van der Waals surface area contributed by atoms with Gasteiger partial charge < -0.3 is 104 Å². The van der Waals surface area contributed by atoms with E-state index in [4.69, 9.17) is 37.9 Å². The SMILES string of the molecule is CCCCCCCCCCCC(CCCCCCCCCCC)(COC1OC(CO)[C@H](OC2OC(CO)[C@H](O)[C@@H](O)[C@H]2O)[C@@H](O)[C@H]1O)CO[C@H]1OC(CO)[C@H](O[C@H]2C[C@H](O)[C@@H](O)C(CO)O2)[C@@H](O)C1O. The van der Waals surface area contributed by atoms with E-state index in [1.165, 1.54) is 51.4 Å². The van der Waals surface area contributed by atoms with Crippen molar-refractivity contribution in [2.75, 3.05) is 39.6 Å². The molecule has 0 bridgehead atoms. The van der Waals surface area contributed by atoms with Crippen molar-refractivity contribution < 1.29 is 104 Å². The normalized spacial score (nSPS) is 37.5. The zero-order valence-corrected chi connectivity index (χ0v) is 41.6. The van der Waals surface area contributed by atoms with Crippen LogP contribution in [-0.2, 0) is 37.9 Å². The number of rotatable bonds is 34. The van der Waals surface area contributed by atoms with Gasteiger partial charge >= 0.3 is 0 Å². The number of aliphatic hydroxyl groups excluding tert-OH is 13. The molecule has 0 aliphatic carbocycles. The third kappa shape index (κ3) is 18.2. The van der Waals surface area contributed by atoms with Gasteiger partial charge in [0.05, 0.1) is 45.7 Å². The molecule has 70 heavy (non-hydrogen) atoms. The molecule has 19 atom stereocenters. The maximum Gasteiger partial charge on any atom is 0.187 e. The summed E-state index contributed by atoms with van der Waals surface area (Å²) in [5.41, 5.74) is -0.836. The topological polar surface area (TPSA) is 337 Å². The van der Waals surface area contributed by atoms with Crippen molar-refractivity contribution in [3.8, 4) is 0 Å². The molecule has 0 radical (unpaired) electrons. The molecule has 0 amide bonds. The Balaban J connectivity index is 1.53. The molecule has 0 spiro atoms. The minimum absolute atomic E-state index is 0.0925. The second-order valence-electron chi connectivity index (χ2n) is 20.2. The first-order valence-electron chi connectivity index (χ1n) is 26.4. The van der Waals surface area contributed by atoms with Gasteiger partial charge in [-0.2, -0.15) is 0 Å². The molecule has 4 fully saturated rings. The first kappa shape index (κ1) is 61.7. The third-order valence-electron chi connectivity index (χ3n) is 14.5.